The minimum absolute atomic E-state index is 0.347. The number of pyridine rings is 1. The first-order valence-electron chi connectivity index (χ1n) is 4.98. The van der Waals surface area contributed by atoms with Crippen molar-refractivity contribution < 1.29 is 13.9 Å². The van der Waals surface area contributed by atoms with Crippen molar-refractivity contribution in [2.24, 2.45) is 0 Å². The van der Waals surface area contributed by atoms with Crippen LogP contribution in [0.4, 0.5) is 0 Å². The number of nitrogens with zero attached hydrogens (tertiary/aromatic N) is 1. The lowest BCUT2D eigenvalue weighted by Gasteiger charge is -2.02. The molecular formula is C12H11NO3. The summed E-state index contributed by atoms with van der Waals surface area (Å²) in [6, 6.07) is 5.16. The second-order valence-corrected chi connectivity index (χ2v) is 3.12. The standard InChI is InChI=1S/C12H11NO3/c1-2-15-12(14)10-5-8-16-11(10)9-3-6-13-7-4-9/h3-8H,2H2,1H3. The van der Waals surface area contributed by atoms with E-state index in [4.69, 9.17) is 9.15 Å². The Bertz CT molecular complexity index is 476. The Kier molecular flexibility index (Phi) is 3.00. The van der Waals surface area contributed by atoms with Crippen LogP contribution in [0.3, 0.4) is 0 Å². The minimum atomic E-state index is -0.372. The molecule has 0 amide bonds. The highest BCUT2D eigenvalue weighted by Gasteiger charge is 2.16. The zero-order valence-electron chi connectivity index (χ0n) is 8.84. The third-order valence-electron chi connectivity index (χ3n) is 2.10. The summed E-state index contributed by atoms with van der Waals surface area (Å²) in [5.41, 5.74) is 1.25. The van der Waals surface area contributed by atoms with Gasteiger partial charge in [-0.25, -0.2) is 4.79 Å². The number of ether oxygens (including phenoxy) is 1. The van der Waals surface area contributed by atoms with Gasteiger partial charge < -0.3 is 9.15 Å². The smallest absolute Gasteiger partial charge is 0.342 e. The lowest BCUT2D eigenvalue weighted by molar-refractivity contribution is 0.0527. The average Bonchev–Trinajstić information content (AvgIpc) is 2.79. The molecule has 0 bridgehead atoms. The van der Waals surface area contributed by atoms with Crippen LogP contribution < -0.4 is 0 Å². The quantitative estimate of drug-likeness (QED) is 0.741. The van der Waals surface area contributed by atoms with Crippen LogP contribution in [-0.4, -0.2) is 17.6 Å². The van der Waals surface area contributed by atoms with Crippen molar-refractivity contribution in [2.75, 3.05) is 6.61 Å². The maximum absolute atomic E-state index is 11.6. The topological polar surface area (TPSA) is 52.3 Å². The monoisotopic (exact) mass is 217 g/mol. The van der Waals surface area contributed by atoms with E-state index >= 15 is 0 Å². The molecule has 2 heterocycles. The Morgan fingerprint density at radius 3 is 2.81 bits per heavy atom. The van der Waals surface area contributed by atoms with Crippen molar-refractivity contribution in [1.82, 2.24) is 4.98 Å². The van der Waals surface area contributed by atoms with E-state index in [1.807, 2.05) is 0 Å². The van der Waals surface area contributed by atoms with Crippen LogP contribution in [0.15, 0.2) is 41.3 Å². The van der Waals surface area contributed by atoms with Gasteiger partial charge in [0.25, 0.3) is 0 Å². The molecule has 16 heavy (non-hydrogen) atoms. The third kappa shape index (κ3) is 1.95. The molecule has 0 fully saturated rings. The summed E-state index contributed by atoms with van der Waals surface area (Å²) in [7, 11) is 0. The predicted octanol–water partition coefficient (Wildman–Crippen LogP) is 2.52. The summed E-state index contributed by atoms with van der Waals surface area (Å²) in [5.74, 6) is 0.143. The van der Waals surface area contributed by atoms with E-state index in [-0.39, 0.29) is 5.97 Å². The molecule has 0 spiro atoms. The fourth-order valence-corrected chi connectivity index (χ4v) is 1.41. The molecule has 2 rings (SSSR count). The summed E-state index contributed by atoms with van der Waals surface area (Å²) < 4.78 is 10.2. The minimum Gasteiger partial charge on any atom is -0.463 e. The summed E-state index contributed by atoms with van der Waals surface area (Å²) >= 11 is 0. The molecule has 0 aromatic carbocycles. The van der Waals surface area contributed by atoms with Crippen LogP contribution in [0.2, 0.25) is 0 Å². The molecule has 0 aliphatic heterocycles. The third-order valence-corrected chi connectivity index (χ3v) is 2.10. The Morgan fingerprint density at radius 1 is 1.38 bits per heavy atom. The van der Waals surface area contributed by atoms with Gasteiger partial charge in [-0.1, -0.05) is 0 Å². The number of hydrogen-bond acceptors (Lipinski definition) is 4. The normalized spacial score (nSPS) is 10.1. The number of hydrogen-bond donors (Lipinski definition) is 0. The van der Waals surface area contributed by atoms with Crippen molar-refractivity contribution in [3.05, 3.63) is 42.4 Å². The number of carbonyl (C=O) groups is 1. The molecule has 82 valence electrons. The molecule has 0 saturated heterocycles. The first-order valence-corrected chi connectivity index (χ1v) is 4.98. The van der Waals surface area contributed by atoms with Gasteiger partial charge in [-0.15, -0.1) is 0 Å². The zero-order valence-corrected chi connectivity index (χ0v) is 8.84. The van der Waals surface area contributed by atoms with Gasteiger partial charge in [0.1, 0.15) is 11.3 Å². The summed E-state index contributed by atoms with van der Waals surface area (Å²) in [6.07, 6.45) is 4.77. The maximum atomic E-state index is 11.6. The number of carbonyl (C=O) groups excluding carboxylic acids is 1. The van der Waals surface area contributed by atoms with Gasteiger partial charge in [-0.2, -0.15) is 0 Å². The number of aromatic nitrogens is 1. The molecule has 2 aromatic heterocycles. The zero-order chi connectivity index (χ0) is 11.4. The fraction of sp³-hybridized carbons (Fsp3) is 0.167. The highest BCUT2D eigenvalue weighted by molar-refractivity contribution is 5.95. The largest absolute Gasteiger partial charge is 0.463 e. The van der Waals surface area contributed by atoms with Crippen molar-refractivity contribution in [1.29, 1.82) is 0 Å². The highest BCUT2D eigenvalue weighted by Crippen LogP contribution is 2.24. The summed E-state index contributed by atoms with van der Waals surface area (Å²) in [6.45, 7) is 2.11. The van der Waals surface area contributed by atoms with Gasteiger partial charge in [0.2, 0.25) is 0 Å². The molecule has 4 nitrogen and oxygen atoms in total. The van der Waals surface area contributed by atoms with Crippen molar-refractivity contribution in [3.8, 4) is 11.3 Å². The number of furan rings is 1. The molecular weight excluding hydrogens is 206 g/mol. The van der Waals surface area contributed by atoms with Gasteiger partial charge in [-0.05, 0) is 25.1 Å². The molecule has 0 atom stereocenters. The van der Waals surface area contributed by atoms with E-state index in [0.717, 1.165) is 5.56 Å². The van der Waals surface area contributed by atoms with Gasteiger partial charge >= 0.3 is 5.97 Å². The van der Waals surface area contributed by atoms with Gasteiger partial charge in [0, 0.05) is 18.0 Å². The summed E-state index contributed by atoms with van der Waals surface area (Å²) in [5, 5.41) is 0. The predicted molar refractivity (Wildman–Crippen MR) is 57.9 cm³/mol. The Morgan fingerprint density at radius 2 is 2.12 bits per heavy atom. The van der Waals surface area contributed by atoms with Gasteiger partial charge in [0.15, 0.2) is 0 Å². The molecule has 0 N–H and O–H groups in total. The van der Waals surface area contributed by atoms with E-state index in [9.17, 15) is 4.79 Å². The number of esters is 1. The molecule has 0 aliphatic carbocycles. The second-order valence-electron chi connectivity index (χ2n) is 3.12. The summed E-state index contributed by atoms with van der Waals surface area (Å²) in [4.78, 5) is 15.5. The Hall–Kier alpha value is -2.10. The van der Waals surface area contributed by atoms with Crippen LogP contribution >= 0.6 is 0 Å². The van der Waals surface area contributed by atoms with E-state index in [2.05, 4.69) is 4.98 Å². The highest BCUT2D eigenvalue weighted by atomic mass is 16.5. The molecule has 0 radical (unpaired) electrons. The van der Waals surface area contributed by atoms with E-state index in [1.54, 1.807) is 37.5 Å². The van der Waals surface area contributed by atoms with E-state index in [0.29, 0.717) is 17.9 Å². The van der Waals surface area contributed by atoms with Crippen LogP contribution in [0.5, 0.6) is 0 Å². The molecule has 0 saturated carbocycles. The fourth-order valence-electron chi connectivity index (χ4n) is 1.41. The second kappa shape index (κ2) is 4.61. The Balaban J connectivity index is 2.37. The van der Waals surface area contributed by atoms with Crippen LogP contribution in [-0.2, 0) is 4.74 Å². The number of rotatable bonds is 3. The van der Waals surface area contributed by atoms with Crippen molar-refractivity contribution in [3.63, 3.8) is 0 Å². The molecule has 2 aromatic rings. The lowest BCUT2D eigenvalue weighted by Crippen LogP contribution is -2.04. The van der Waals surface area contributed by atoms with Crippen LogP contribution in [0.25, 0.3) is 11.3 Å². The van der Waals surface area contributed by atoms with Crippen molar-refractivity contribution >= 4 is 5.97 Å². The van der Waals surface area contributed by atoms with E-state index < -0.39 is 0 Å². The Labute approximate surface area is 92.9 Å². The average molecular weight is 217 g/mol. The molecule has 4 heteroatoms. The van der Waals surface area contributed by atoms with Crippen molar-refractivity contribution in [2.45, 2.75) is 6.92 Å². The molecule has 0 unspecified atom stereocenters. The van der Waals surface area contributed by atoms with Gasteiger partial charge in [0.05, 0.1) is 12.9 Å². The lowest BCUT2D eigenvalue weighted by atomic mass is 10.1. The maximum Gasteiger partial charge on any atom is 0.342 e. The SMILES string of the molecule is CCOC(=O)c1ccoc1-c1ccncc1. The van der Waals surface area contributed by atoms with Crippen LogP contribution in [0, 0.1) is 0 Å². The first-order chi connectivity index (χ1) is 7.83. The van der Waals surface area contributed by atoms with Gasteiger partial charge in [-0.3, -0.25) is 4.98 Å². The van der Waals surface area contributed by atoms with E-state index in [1.165, 1.54) is 6.26 Å². The molecule has 0 aliphatic rings. The first kappa shape index (κ1) is 10.4. The van der Waals surface area contributed by atoms with Crippen LogP contribution in [0.1, 0.15) is 17.3 Å².